The van der Waals surface area contributed by atoms with E-state index in [4.69, 9.17) is 0 Å². The van der Waals surface area contributed by atoms with Crippen molar-refractivity contribution in [3.63, 3.8) is 0 Å². The minimum absolute atomic E-state index is 0.160. The zero-order valence-corrected chi connectivity index (χ0v) is 12.3. The molecule has 0 saturated carbocycles. The Kier molecular flexibility index (Phi) is 4.72. The molecule has 1 aliphatic heterocycles. The molecular formula is C14H20N4O3. The number of anilines is 1. The number of hydrogen-bond donors (Lipinski definition) is 1. The van der Waals surface area contributed by atoms with Crippen molar-refractivity contribution in [1.29, 1.82) is 0 Å². The lowest BCUT2D eigenvalue weighted by Crippen LogP contribution is -2.35. The highest BCUT2D eigenvalue weighted by atomic mass is 16.6. The van der Waals surface area contributed by atoms with Gasteiger partial charge in [0.25, 0.3) is 11.6 Å². The number of carbonyl (C=O) groups excluding carboxylic acids is 1. The fourth-order valence-electron chi connectivity index (χ4n) is 2.71. The molecule has 0 spiro atoms. The molecule has 0 radical (unpaired) electrons. The van der Waals surface area contributed by atoms with Crippen LogP contribution in [0, 0.1) is 10.1 Å². The summed E-state index contributed by atoms with van der Waals surface area (Å²) < 4.78 is 0. The van der Waals surface area contributed by atoms with Gasteiger partial charge in [0.15, 0.2) is 0 Å². The van der Waals surface area contributed by atoms with Crippen molar-refractivity contribution in [1.82, 2.24) is 9.88 Å². The predicted molar refractivity (Wildman–Crippen MR) is 79.4 cm³/mol. The molecule has 1 N–H and O–H groups in total. The molecule has 1 saturated heterocycles. The third kappa shape index (κ3) is 3.12. The van der Waals surface area contributed by atoms with Crippen LogP contribution in [0.5, 0.6) is 0 Å². The Hall–Kier alpha value is -2.18. The molecule has 1 atom stereocenters. The Morgan fingerprint density at radius 1 is 1.57 bits per heavy atom. The largest absolute Gasteiger partial charge is 0.370 e. The molecule has 1 aliphatic rings. The molecule has 7 heteroatoms. The van der Waals surface area contributed by atoms with Gasteiger partial charge in [0.2, 0.25) is 0 Å². The molecule has 7 nitrogen and oxygen atoms in total. The maximum Gasteiger partial charge on any atom is 0.288 e. The van der Waals surface area contributed by atoms with Crippen molar-refractivity contribution in [3.05, 3.63) is 27.9 Å². The minimum atomic E-state index is -0.527. The second-order valence-electron chi connectivity index (χ2n) is 5.08. The lowest BCUT2D eigenvalue weighted by Gasteiger charge is -2.24. The summed E-state index contributed by atoms with van der Waals surface area (Å²) in [6, 6.07) is 1.53. The van der Waals surface area contributed by atoms with Gasteiger partial charge in [-0.3, -0.25) is 14.9 Å². The minimum Gasteiger partial charge on any atom is -0.370 e. The number of nitro groups is 1. The van der Waals surface area contributed by atoms with Crippen molar-refractivity contribution >= 4 is 17.4 Å². The summed E-state index contributed by atoms with van der Waals surface area (Å²) in [5, 5.41) is 13.9. The van der Waals surface area contributed by atoms with Crippen molar-refractivity contribution in [2.45, 2.75) is 39.2 Å². The van der Waals surface area contributed by atoms with Crippen LogP contribution >= 0.6 is 0 Å². The molecule has 0 aromatic carbocycles. The van der Waals surface area contributed by atoms with E-state index < -0.39 is 4.92 Å². The van der Waals surface area contributed by atoms with Crippen LogP contribution in [-0.2, 0) is 0 Å². The van der Waals surface area contributed by atoms with E-state index in [0.717, 1.165) is 19.3 Å². The molecular weight excluding hydrogens is 272 g/mol. The van der Waals surface area contributed by atoms with Crippen molar-refractivity contribution in [2.24, 2.45) is 0 Å². The Morgan fingerprint density at radius 3 is 2.95 bits per heavy atom. The smallest absolute Gasteiger partial charge is 0.288 e. The first-order valence-corrected chi connectivity index (χ1v) is 7.27. The number of nitrogens with zero attached hydrogens (tertiary/aromatic N) is 3. The Bertz CT molecular complexity index is 547. The summed E-state index contributed by atoms with van der Waals surface area (Å²) >= 11 is 0. The molecule has 114 valence electrons. The van der Waals surface area contributed by atoms with E-state index in [0.29, 0.717) is 18.9 Å². The molecule has 2 heterocycles. The molecule has 2 rings (SSSR count). The summed E-state index contributed by atoms with van der Waals surface area (Å²) in [7, 11) is 0. The number of aromatic nitrogens is 1. The third-order valence-electron chi connectivity index (χ3n) is 3.77. The molecule has 0 bridgehead atoms. The summed E-state index contributed by atoms with van der Waals surface area (Å²) in [6.45, 7) is 5.24. The SMILES string of the molecule is CCNc1ncc([N+](=O)[O-])cc1C(=O)N1CCCC1CC. The van der Waals surface area contributed by atoms with Gasteiger partial charge < -0.3 is 10.2 Å². The van der Waals surface area contributed by atoms with Crippen molar-refractivity contribution < 1.29 is 9.72 Å². The van der Waals surface area contributed by atoms with E-state index in [2.05, 4.69) is 10.3 Å². The maximum atomic E-state index is 12.7. The zero-order valence-electron chi connectivity index (χ0n) is 12.3. The Morgan fingerprint density at radius 2 is 2.33 bits per heavy atom. The average Bonchev–Trinajstić information content (AvgIpc) is 2.95. The van der Waals surface area contributed by atoms with Crippen LogP contribution in [0.4, 0.5) is 11.5 Å². The quantitative estimate of drug-likeness (QED) is 0.665. The van der Waals surface area contributed by atoms with E-state index >= 15 is 0 Å². The van der Waals surface area contributed by atoms with Gasteiger partial charge in [-0.1, -0.05) is 6.92 Å². The lowest BCUT2D eigenvalue weighted by atomic mass is 10.1. The fraction of sp³-hybridized carbons (Fsp3) is 0.571. The summed E-state index contributed by atoms with van der Waals surface area (Å²) in [5.41, 5.74) is 0.124. The highest BCUT2D eigenvalue weighted by molar-refractivity contribution is 5.99. The number of pyridine rings is 1. The third-order valence-corrected chi connectivity index (χ3v) is 3.77. The van der Waals surface area contributed by atoms with E-state index in [1.807, 2.05) is 18.7 Å². The molecule has 1 amide bonds. The highest BCUT2D eigenvalue weighted by Gasteiger charge is 2.30. The van der Waals surface area contributed by atoms with E-state index in [1.165, 1.54) is 12.3 Å². The van der Waals surface area contributed by atoms with Crippen LogP contribution in [0.25, 0.3) is 0 Å². The van der Waals surface area contributed by atoms with Gasteiger partial charge in [0.1, 0.15) is 12.0 Å². The van der Waals surface area contributed by atoms with Gasteiger partial charge in [-0.2, -0.15) is 0 Å². The van der Waals surface area contributed by atoms with Crippen molar-refractivity contribution in [3.8, 4) is 0 Å². The first kappa shape index (κ1) is 15.2. The van der Waals surface area contributed by atoms with Crippen LogP contribution in [0.3, 0.4) is 0 Å². The zero-order chi connectivity index (χ0) is 15.4. The highest BCUT2D eigenvalue weighted by Crippen LogP contribution is 2.26. The fourth-order valence-corrected chi connectivity index (χ4v) is 2.71. The summed E-state index contributed by atoms with van der Waals surface area (Å²) in [6.07, 6.45) is 4.03. The number of hydrogen-bond acceptors (Lipinski definition) is 5. The number of rotatable bonds is 5. The standard InChI is InChI=1S/C14H20N4O3/c1-3-10-6-5-7-17(10)14(19)12-8-11(18(20)21)9-16-13(12)15-4-2/h8-10H,3-7H2,1-2H3,(H,15,16). The van der Waals surface area contributed by atoms with Gasteiger partial charge in [-0.25, -0.2) is 4.98 Å². The number of likely N-dealkylation sites (tertiary alicyclic amines) is 1. The monoisotopic (exact) mass is 292 g/mol. The van der Waals surface area contributed by atoms with Gasteiger partial charge in [-0.15, -0.1) is 0 Å². The first-order valence-electron chi connectivity index (χ1n) is 7.27. The van der Waals surface area contributed by atoms with Crippen LogP contribution < -0.4 is 5.32 Å². The van der Waals surface area contributed by atoms with Gasteiger partial charge in [-0.05, 0) is 26.2 Å². The van der Waals surface area contributed by atoms with Gasteiger partial charge in [0.05, 0.1) is 10.5 Å². The molecule has 0 aliphatic carbocycles. The maximum absolute atomic E-state index is 12.7. The van der Waals surface area contributed by atoms with Crippen molar-refractivity contribution in [2.75, 3.05) is 18.4 Å². The van der Waals surface area contributed by atoms with Crippen LogP contribution in [0.2, 0.25) is 0 Å². The van der Waals surface area contributed by atoms with Gasteiger partial charge in [0, 0.05) is 25.2 Å². The number of nitrogens with one attached hydrogen (secondary N) is 1. The van der Waals surface area contributed by atoms with Crippen LogP contribution in [-0.4, -0.2) is 39.8 Å². The lowest BCUT2D eigenvalue weighted by molar-refractivity contribution is -0.385. The molecule has 1 unspecified atom stereocenters. The van der Waals surface area contributed by atoms with Crippen LogP contribution in [0.15, 0.2) is 12.3 Å². The van der Waals surface area contributed by atoms with Gasteiger partial charge >= 0.3 is 0 Å². The number of amides is 1. The molecule has 1 aromatic rings. The Balaban J connectivity index is 2.37. The normalized spacial score (nSPS) is 17.8. The second-order valence-corrected chi connectivity index (χ2v) is 5.08. The molecule has 1 fully saturated rings. The van der Waals surface area contributed by atoms with E-state index in [9.17, 15) is 14.9 Å². The molecule has 1 aromatic heterocycles. The average molecular weight is 292 g/mol. The number of carbonyl (C=O) groups is 1. The van der Waals surface area contributed by atoms with Crippen LogP contribution in [0.1, 0.15) is 43.5 Å². The topological polar surface area (TPSA) is 88.4 Å². The Labute approximate surface area is 123 Å². The van der Waals surface area contributed by atoms with E-state index in [-0.39, 0.29) is 23.2 Å². The predicted octanol–water partition coefficient (Wildman–Crippen LogP) is 2.44. The first-order chi connectivity index (χ1) is 10.1. The van der Waals surface area contributed by atoms with E-state index in [1.54, 1.807) is 0 Å². The summed E-state index contributed by atoms with van der Waals surface area (Å²) in [5.74, 6) is 0.237. The second kappa shape index (κ2) is 6.51. The molecule has 21 heavy (non-hydrogen) atoms. The summed E-state index contributed by atoms with van der Waals surface area (Å²) in [4.78, 5) is 28.9.